The lowest BCUT2D eigenvalue weighted by atomic mass is 10.1. The first kappa shape index (κ1) is 22.8. The zero-order valence-corrected chi connectivity index (χ0v) is 19.5. The zero-order valence-electron chi connectivity index (χ0n) is 15.5. The van der Waals surface area contributed by atoms with Gasteiger partial charge < -0.3 is 10.1 Å². The third kappa shape index (κ3) is 5.06. The summed E-state index contributed by atoms with van der Waals surface area (Å²) in [5.74, 6) is -0.328. The van der Waals surface area contributed by atoms with Crippen LogP contribution in [0.1, 0.15) is 10.4 Å². The molecule has 1 fully saturated rings. The first-order valence-corrected chi connectivity index (χ1v) is 11.8. The first-order valence-electron chi connectivity index (χ1n) is 8.78. The molecular formula is C18H17Br2N3O6S. The molecule has 1 aliphatic heterocycles. The Morgan fingerprint density at radius 2 is 1.80 bits per heavy atom. The number of ether oxygens (including phenoxy) is 1. The van der Waals surface area contributed by atoms with E-state index in [4.69, 9.17) is 4.74 Å². The number of ketones is 1. The molecule has 0 radical (unpaired) electrons. The number of nitro groups is 1. The predicted molar refractivity (Wildman–Crippen MR) is 117 cm³/mol. The van der Waals surface area contributed by atoms with Gasteiger partial charge in [-0.05, 0) is 44.0 Å². The molecule has 1 heterocycles. The number of Topliss-reactive ketones (excluding diaryl/α,β-unsaturated/α-hetero) is 1. The van der Waals surface area contributed by atoms with Crippen molar-refractivity contribution in [1.82, 2.24) is 4.31 Å². The average molecular weight is 563 g/mol. The summed E-state index contributed by atoms with van der Waals surface area (Å²) in [6.45, 7) is 1.08. The van der Waals surface area contributed by atoms with Crippen molar-refractivity contribution in [2.45, 2.75) is 4.90 Å². The molecule has 2 aromatic carbocycles. The second-order valence-electron chi connectivity index (χ2n) is 6.36. The molecule has 1 saturated heterocycles. The molecular weight excluding hydrogens is 546 g/mol. The minimum Gasteiger partial charge on any atom is -0.379 e. The molecule has 3 rings (SSSR count). The Labute approximate surface area is 189 Å². The summed E-state index contributed by atoms with van der Waals surface area (Å²) < 4.78 is 33.0. The normalized spacial score (nSPS) is 15.0. The van der Waals surface area contributed by atoms with Crippen molar-refractivity contribution < 1.29 is 22.9 Å². The van der Waals surface area contributed by atoms with Gasteiger partial charge in [-0.1, -0.05) is 12.1 Å². The van der Waals surface area contributed by atoms with E-state index in [1.54, 1.807) is 6.07 Å². The minimum absolute atomic E-state index is 0.0490. The van der Waals surface area contributed by atoms with Crippen LogP contribution in [-0.4, -0.2) is 56.3 Å². The summed E-state index contributed by atoms with van der Waals surface area (Å²) in [6.07, 6.45) is 0. The van der Waals surface area contributed by atoms with Crippen molar-refractivity contribution in [3.8, 4) is 0 Å². The summed E-state index contributed by atoms with van der Waals surface area (Å²) in [5.41, 5.74) is 0.615. The van der Waals surface area contributed by atoms with Gasteiger partial charge in [0, 0.05) is 39.7 Å². The van der Waals surface area contributed by atoms with Crippen LogP contribution in [0.15, 0.2) is 50.2 Å². The largest absolute Gasteiger partial charge is 0.379 e. The SMILES string of the molecule is O=C(CNc1c(Br)cc([N+](=O)[O-])cc1Br)c1cccc(S(=O)(=O)N2CCOCC2)c1. The molecule has 2 aromatic rings. The number of anilines is 1. The monoisotopic (exact) mass is 561 g/mol. The predicted octanol–water partition coefficient (Wildman–Crippen LogP) is 3.44. The number of hydrogen-bond acceptors (Lipinski definition) is 7. The highest BCUT2D eigenvalue weighted by Gasteiger charge is 2.27. The van der Waals surface area contributed by atoms with Crippen LogP contribution in [0.5, 0.6) is 0 Å². The Balaban J connectivity index is 1.76. The number of carbonyl (C=O) groups excluding carboxylic acids is 1. The molecule has 160 valence electrons. The molecule has 1 N–H and O–H groups in total. The maximum atomic E-state index is 12.8. The molecule has 0 saturated carbocycles. The number of nitrogens with zero attached hydrogens (tertiary/aromatic N) is 2. The number of nitro benzene ring substituents is 1. The number of non-ortho nitro benzene ring substituents is 1. The van der Waals surface area contributed by atoms with Crippen molar-refractivity contribution in [3.63, 3.8) is 0 Å². The smallest absolute Gasteiger partial charge is 0.271 e. The van der Waals surface area contributed by atoms with Gasteiger partial charge in [-0.3, -0.25) is 14.9 Å². The van der Waals surface area contributed by atoms with Gasteiger partial charge in [0.1, 0.15) is 0 Å². The lowest BCUT2D eigenvalue weighted by Gasteiger charge is -2.26. The van der Waals surface area contributed by atoms with Crippen LogP contribution in [0.25, 0.3) is 0 Å². The third-order valence-electron chi connectivity index (χ3n) is 4.43. The van der Waals surface area contributed by atoms with Crippen LogP contribution in [-0.2, 0) is 14.8 Å². The molecule has 0 atom stereocenters. The quantitative estimate of drug-likeness (QED) is 0.312. The molecule has 0 aromatic heterocycles. The number of nitrogens with one attached hydrogen (secondary N) is 1. The van der Waals surface area contributed by atoms with Crippen molar-refractivity contribution in [3.05, 3.63) is 61.0 Å². The number of carbonyl (C=O) groups is 1. The van der Waals surface area contributed by atoms with E-state index in [0.717, 1.165) is 0 Å². The summed E-state index contributed by atoms with van der Waals surface area (Å²) in [6, 6.07) is 8.54. The number of rotatable bonds is 7. The lowest BCUT2D eigenvalue weighted by Crippen LogP contribution is -2.40. The molecule has 0 spiro atoms. The minimum atomic E-state index is -3.71. The second-order valence-corrected chi connectivity index (χ2v) is 10.0. The lowest BCUT2D eigenvalue weighted by molar-refractivity contribution is -0.385. The van der Waals surface area contributed by atoms with E-state index in [0.29, 0.717) is 27.8 Å². The van der Waals surface area contributed by atoms with Crippen LogP contribution in [0, 0.1) is 10.1 Å². The van der Waals surface area contributed by atoms with Crippen LogP contribution in [0.4, 0.5) is 11.4 Å². The van der Waals surface area contributed by atoms with Gasteiger partial charge >= 0.3 is 0 Å². The molecule has 0 unspecified atom stereocenters. The molecule has 12 heteroatoms. The van der Waals surface area contributed by atoms with E-state index in [1.165, 1.54) is 34.6 Å². The van der Waals surface area contributed by atoms with Crippen LogP contribution < -0.4 is 5.32 Å². The Morgan fingerprint density at radius 1 is 1.17 bits per heavy atom. The van der Waals surface area contributed by atoms with E-state index in [-0.39, 0.29) is 41.6 Å². The maximum absolute atomic E-state index is 12.8. The molecule has 0 bridgehead atoms. The topological polar surface area (TPSA) is 119 Å². The first-order chi connectivity index (χ1) is 14.2. The van der Waals surface area contributed by atoms with Crippen molar-refractivity contribution in [1.29, 1.82) is 0 Å². The summed E-state index contributed by atoms with van der Waals surface area (Å²) in [4.78, 5) is 23.1. The van der Waals surface area contributed by atoms with E-state index in [9.17, 15) is 23.3 Å². The van der Waals surface area contributed by atoms with Gasteiger partial charge in [0.05, 0.1) is 35.3 Å². The van der Waals surface area contributed by atoms with Gasteiger partial charge in [-0.2, -0.15) is 4.31 Å². The fraction of sp³-hybridized carbons (Fsp3) is 0.278. The molecule has 9 nitrogen and oxygen atoms in total. The molecule has 30 heavy (non-hydrogen) atoms. The maximum Gasteiger partial charge on any atom is 0.271 e. The number of morpholine rings is 1. The average Bonchev–Trinajstić information content (AvgIpc) is 2.73. The van der Waals surface area contributed by atoms with E-state index < -0.39 is 14.9 Å². The highest BCUT2D eigenvalue weighted by Crippen LogP contribution is 2.35. The van der Waals surface area contributed by atoms with Crippen molar-refractivity contribution in [2.75, 3.05) is 38.2 Å². The van der Waals surface area contributed by atoms with Gasteiger partial charge in [0.2, 0.25) is 10.0 Å². The van der Waals surface area contributed by atoms with Crippen molar-refractivity contribution in [2.24, 2.45) is 0 Å². The Kier molecular flexibility index (Phi) is 7.24. The van der Waals surface area contributed by atoms with Gasteiger partial charge in [0.15, 0.2) is 5.78 Å². The van der Waals surface area contributed by atoms with Crippen LogP contribution >= 0.6 is 31.9 Å². The fourth-order valence-corrected chi connectivity index (χ4v) is 5.77. The molecule has 0 aliphatic carbocycles. The Bertz CT molecular complexity index is 1060. The van der Waals surface area contributed by atoms with Gasteiger partial charge in [0.25, 0.3) is 5.69 Å². The Morgan fingerprint density at radius 3 is 2.40 bits per heavy atom. The third-order valence-corrected chi connectivity index (χ3v) is 7.57. The van der Waals surface area contributed by atoms with Crippen molar-refractivity contribution >= 4 is 59.0 Å². The fourth-order valence-electron chi connectivity index (χ4n) is 2.87. The zero-order chi connectivity index (χ0) is 21.9. The van der Waals surface area contributed by atoms with Crippen LogP contribution in [0.2, 0.25) is 0 Å². The van der Waals surface area contributed by atoms with E-state index in [1.807, 2.05) is 0 Å². The molecule has 0 amide bonds. The van der Waals surface area contributed by atoms with E-state index in [2.05, 4.69) is 37.2 Å². The van der Waals surface area contributed by atoms with Gasteiger partial charge in [-0.25, -0.2) is 8.42 Å². The summed E-state index contributed by atoms with van der Waals surface area (Å²) in [5, 5.41) is 13.8. The number of hydrogen-bond donors (Lipinski definition) is 1. The molecule has 1 aliphatic rings. The van der Waals surface area contributed by atoms with E-state index >= 15 is 0 Å². The Hall–Kier alpha value is -1.86. The number of benzene rings is 2. The van der Waals surface area contributed by atoms with Gasteiger partial charge in [-0.15, -0.1) is 0 Å². The van der Waals surface area contributed by atoms with Crippen LogP contribution in [0.3, 0.4) is 0 Å². The summed E-state index contributed by atoms with van der Waals surface area (Å²) >= 11 is 6.50. The number of sulfonamides is 1. The standard InChI is InChI=1S/C18H17Br2N3O6S/c19-15-9-13(23(25)26)10-16(20)18(15)21-11-17(24)12-2-1-3-14(8-12)30(27,28)22-4-6-29-7-5-22/h1-3,8-10,21H,4-7,11H2. The highest BCUT2D eigenvalue weighted by molar-refractivity contribution is 9.11. The summed E-state index contributed by atoms with van der Waals surface area (Å²) in [7, 11) is -3.71. The number of halogens is 2. The second kappa shape index (κ2) is 9.52. The highest BCUT2D eigenvalue weighted by atomic mass is 79.9.